The van der Waals surface area contributed by atoms with E-state index in [1.54, 1.807) is 6.26 Å². The molecule has 22 heavy (non-hydrogen) atoms. The van der Waals surface area contributed by atoms with Gasteiger partial charge in [-0.15, -0.1) is 10.2 Å². The van der Waals surface area contributed by atoms with Crippen LogP contribution in [0.5, 0.6) is 0 Å². The molecule has 8 nitrogen and oxygen atoms in total. The number of nitrogens with zero attached hydrogens (tertiary/aromatic N) is 3. The van der Waals surface area contributed by atoms with E-state index in [1.807, 2.05) is 0 Å². The summed E-state index contributed by atoms with van der Waals surface area (Å²) in [5, 5.41) is 17.5. The predicted octanol–water partition coefficient (Wildman–Crippen LogP) is 1.01. The molecule has 122 valence electrons. The van der Waals surface area contributed by atoms with Gasteiger partial charge in [0.1, 0.15) is 5.69 Å². The molecule has 0 bridgehead atoms. The highest BCUT2D eigenvalue weighted by atomic mass is 32.2. The predicted molar refractivity (Wildman–Crippen MR) is 81.7 cm³/mol. The molecule has 0 saturated heterocycles. The monoisotopic (exact) mass is 328 g/mol. The third-order valence-electron chi connectivity index (χ3n) is 3.74. The molecule has 0 spiro atoms. The van der Waals surface area contributed by atoms with Crippen molar-refractivity contribution in [1.29, 1.82) is 0 Å². The highest BCUT2D eigenvalue weighted by Gasteiger charge is 2.25. The van der Waals surface area contributed by atoms with Crippen molar-refractivity contribution in [2.24, 2.45) is 0 Å². The zero-order valence-electron chi connectivity index (χ0n) is 12.6. The maximum atomic E-state index is 12.7. The Kier molecular flexibility index (Phi) is 5.78. The van der Waals surface area contributed by atoms with Crippen molar-refractivity contribution in [2.45, 2.75) is 49.4 Å². The molecule has 9 heteroatoms. The fourth-order valence-corrected chi connectivity index (χ4v) is 3.03. The lowest BCUT2D eigenvalue weighted by Gasteiger charge is -2.22. The van der Waals surface area contributed by atoms with Gasteiger partial charge >= 0.3 is 5.97 Å². The first kappa shape index (κ1) is 16.8. The highest BCUT2D eigenvalue weighted by Crippen LogP contribution is 2.29. The van der Waals surface area contributed by atoms with Gasteiger partial charge in [0, 0.05) is 13.0 Å². The zero-order valence-corrected chi connectivity index (χ0v) is 13.4. The summed E-state index contributed by atoms with van der Waals surface area (Å²) in [6.07, 6.45) is 5.55. The second kappa shape index (κ2) is 7.59. The number of thioether (sulfide) groups is 1. The van der Waals surface area contributed by atoms with E-state index in [4.69, 9.17) is 9.84 Å². The van der Waals surface area contributed by atoms with Crippen LogP contribution in [0.15, 0.2) is 9.95 Å². The van der Waals surface area contributed by atoms with Crippen LogP contribution in [0.25, 0.3) is 0 Å². The number of methoxy groups -OCH3 is 1. The molecule has 1 aliphatic carbocycles. The van der Waals surface area contributed by atoms with E-state index in [1.165, 1.54) is 25.3 Å². The molecular formula is C13H20N4O4S. The molecule has 1 atom stereocenters. The van der Waals surface area contributed by atoms with Crippen LogP contribution in [0.1, 0.15) is 43.7 Å². The van der Waals surface area contributed by atoms with Gasteiger partial charge in [0.2, 0.25) is 11.4 Å². The lowest BCUT2D eigenvalue weighted by molar-refractivity contribution is -0.147. The summed E-state index contributed by atoms with van der Waals surface area (Å²) < 4.78 is 5.96. The topological polar surface area (TPSA) is 106 Å². The Bertz CT molecular complexity index is 586. The summed E-state index contributed by atoms with van der Waals surface area (Å²) in [6.45, 7) is 0. The largest absolute Gasteiger partial charge is 0.478 e. The van der Waals surface area contributed by atoms with E-state index in [-0.39, 0.29) is 11.5 Å². The van der Waals surface area contributed by atoms with E-state index in [0.717, 1.165) is 30.4 Å². The van der Waals surface area contributed by atoms with Gasteiger partial charge in [-0.3, -0.25) is 10.2 Å². The SMILES string of the molecule is CO[C@H](Nn1c(SC)nnc(C2CCCCC2)c1=O)C(=O)O. The minimum Gasteiger partial charge on any atom is -0.478 e. The number of ether oxygens (including phenoxy) is 1. The smallest absolute Gasteiger partial charge is 0.355 e. The second-order valence-corrected chi connectivity index (χ2v) is 5.90. The van der Waals surface area contributed by atoms with Gasteiger partial charge in [0.25, 0.3) is 5.56 Å². The number of aromatic nitrogens is 3. The first-order valence-corrected chi connectivity index (χ1v) is 8.36. The van der Waals surface area contributed by atoms with Crippen LogP contribution < -0.4 is 11.0 Å². The van der Waals surface area contributed by atoms with Crippen LogP contribution in [-0.2, 0) is 9.53 Å². The van der Waals surface area contributed by atoms with Crippen molar-refractivity contribution in [3.63, 3.8) is 0 Å². The first-order valence-electron chi connectivity index (χ1n) is 7.14. The van der Waals surface area contributed by atoms with Crippen molar-refractivity contribution < 1.29 is 14.6 Å². The Labute approximate surface area is 132 Å². The third-order valence-corrected chi connectivity index (χ3v) is 4.37. The summed E-state index contributed by atoms with van der Waals surface area (Å²) >= 11 is 1.21. The van der Waals surface area contributed by atoms with Gasteiger partial charge in [-0.25, -0.2) is 4.79 Å². The Balaban J connectivity index is 2.37. The van der Waals surface area contributed by atoms with Gasteiger partial charge in [-0.1, -0.05) is 31.0 Å². The number of carboxylic acids is 1. The number of nitrogens with one attached hydrogen (secondary N) is 1. The first-order chi connectivity index (χ1) is 10.6. The molecule has 0 aliphatic heterocycles. The molecule has 1 aromatic heterocycles. The molecule has 1 saturated carbocycles. The van der Waals surface area contributed by atoms with Crippen molar-refractivity contribution in [3.05, 3.63) is 16.0 Å². The summed E-state index contributed by atoms with van der Waals surface area (Å²) in [4.78, 5) is 23.7. The Morgan fingerprint density at radius 1 is 1.41 bits per heavy atom. The molecule has 1 heterocycles. The summed E-state index contributed by atoms with van der Waals surface area (Å²) in [5.74, 6) is -1.12. The van der Waals surface area contributed by atoms with Crippen LogP contribution in [0, 0.1) is 0 Å². The van der Waals surface area contributed by atoms with E-state index in [2.05, 4.69) is 15.6 Å². The fraction of sp³-hybridized carbons (Fsp3) is 0.692. The van der Waals surface area contributed by atoms with Crippen LogP contribution in [0.2, 0.25) is 0 Å². The number of rotatable bonds is 6. The molecule has 0 amide bonds. The summed E-state index contributed by atoms with van der Waals surface area (Å²) in [5.41, 5.74) is 2.60. The molecule has 0 aromatic carbocycles. The van der Waals surface area contributed by atoms with Crippen molar-refractivity contribution in [1.82, 2.24) is 14.9 Å². The lowest BCUT2D eigenvalue weighted by Crippen LogP contribution is -2.44. The van der Waals surface area contributed by atoms with E-state index >= 15 is 0 Å². The number of hydrogen-bond acceptors (Lipinski definition) is 7. The second-order valence-electron chi connectivity index (χ2n) is 5.13. The van der Waals surface area contributed by atoms with Gasteiger partial charge in [0.15, 0.2) is 0 Å². The van der Waals surface area contributed by atoms with Crippen molar-refractivity contribution in [2.75, 3.05) is 18.8 Å². The van der Waals surface area contributed by atoms with Crippen molar-refractivity contribution in [3.8, 4) is 0 Å². The highest BCUT2D eigenvalue weighted by molar-refractivity contribution is 7.98. The fourth-order valence-electron chi connectivity index (χ4n) is 2.59. The van der Waals surface area contributed by atoms with Crippen LogP contribution in [0.3, 0.4) is 0 Å². The van der Waals surface area contributed by atoms with E-state index in [0.29, 0.717) is 10.9 Å². The minimum absolute atomic E-state index is 0.0866. The van der Waals surface area contributed by atoms with Gasteiger partial charge in [0.05, 0.1) is 0 Å². The molecule has 2 rings (SSSR count). The molecule has 0 radical (unpaired) electrons. The van der Waals surface area contributed by atoms with Gasteiger partial charge in [-0.2, -0.15) is 4.68 Å². The molecule has 1 aliphatic rings. The van der Waals surface area contributed by atoms with E-state index in [9.17, 15) is 9.59 Å². The standard InChI is InChI=1S/C13H20N4O4S/c1-21-10(12(19)20)16-17-11(18)9(14-15-13(17)22-2)8-6-4-3-5-7-8/h8,10,16H,3-7H2,1-2H3,(H,19,20)/t10-/m0/s1. The lowest BCUT2D eigenvalue weighted by atomic mass is 9.87. The number of carbonyl (C=O) groups is 1. The van der Waals surface area contributed by atoms with Gasteiger partial charge in [-0.05, 0) is 19.1 Å². The minimum atomic E-state index is -1.33. The number of carboxylic acid groups (broad SMARTS) is 1. The molecule has 1 aromatic rings. The number of hydrogen-bond donors (Lipinski definition) is 2. The van der Waals surface area contributed by atoms with Crippen LogP contribution >= 0.6 is 11.8 Å². The molecule has 1 fully saturated rings. The molecular weight excluding hydrogens is 308 g/mol. The maximum absolute atomic E-state index is 12.7. The quantitative estimate of drug-likeness (QED) is 0.588. The third kappa shape index (κ3) is 3.58. The molecule has 2 N–H and O–H groups in total. The Hall–Kier alpha value is -1.61. The van der Waals surface area contributed by atoms with Gasteiger partial charge < -0.3 is 9.84 Å². The Morgan fingerprint density at radius 2 is 2.09 bits per heavy atom. The van der Waals surface area contributed by atoms with Crippen LogP contribution in [0.4, 0.5) is 0 Å². The van der Waals surface area contributed by atoms with Crippen molar-refractivity contribution >= 4 is 17.7 Å². The van der Waals surface area contributed by atoms with Crippen LogP contribution in [-0.4, -0.2) is 45.5 Å². The number of aliphatic carboxylic acids is 1. The summed E-state index contributed by atoms with van der Waals surface area (Å²) in [7, 11) is 1.26. The average molecular weight is 328 g/mol. The average Bonchev–Trinajstić information content (AvgIpc) is 2.53. The summed E-state index contributed by atoms with van der Waals surface area (Å²) in [6, 6.07) is 0. The van der Waals surface area contributed by atoms with E-state index < -0.39 is 12.2 Å². The zero-order chi connectivity index (χ0) is 16.1. The Morgan fingerprint density at radius 3 is 2.64 bits per heavy atom. The maximum Gasteiger partial charge on any atom is 0.355 e. The normalized spacial score (nSPS) is 17.2. The molecule has 0 unspecified atom stereocenters.